The normalized spacial score (nSPS) is 18.0. The largest absolute Gasteiger partial charge is 0.342 e. The number of likely N-dealkylation sites (tertiary alicyclic amines) is 2. The van der Waals surface area contributed by atoms with Crippen LogP contribution in [0, 0.1) is 18.8 Å². The van der Waals surface area contributed by atoms with Gasteiger partial charge in [-0.15, -0.1) is 0 Å². The van der Waals surface area contributed by atoms with Crippen LogP contribution >= 0.6 is 0 Å². The van der Waals surface area contributed by atoms with Crippen molar-refractivity contribution in [2.45, 2.75) is 32.6 Å². The zero-order valence-corrected chi connectivity index (χ0v) is 19.3. The number of rotatable bonds is 5. The third-order valence-electron chi connectivity index (χ3n) is 6.89. The highest BCUT2D eigenvalue weighted by atomic mass is 16.2. The first-order chi connectivity index (χ1) is 16.0. The van der Waals surface area contributed by atoms with Crippen molar-refractivity contribution in [3.63, 3.8) is 0 Å². The van der Waals surface area contributed by atoms with E-state index in [1.54, 1.807) is 6.08 Å². The predicted octanol–water partition coefficient (Wildman–Crippen LogP) is 4.37. The fourth-order valence-electron chi connectivity index (χ4n) is 4.76. The molecular weight excluding hydrogens is 412 g/mol. The van der Waals surface area contributed by atoms with Gasteiger partial charge in [0.15, 0.2) is 5.78 Å². The molecule has 0 radical (unpaired) electrons. The summed E-state index contributed by atoms with van der Waals surface area (Å²) in [5.41, 5.74) is 2.91. The Balaban J connectivity index is 1.23. The van der Waals surface area contributed by atoms with E-state index in [2.05, 4.69) is 0 Å². The topological polar surface area (TPSA) is 57.7 Å². The Bertz CT molecular complexity index is 997. The quantitative estimate of drug-likeness (QED) is 0.508. The lowest BCUT2D eigenvalue weighted by molar-refractivity contribution is -0.140. The highest BCUT2D eigenvalue weighted by molar-refractivity contribution is 5.98. The number of amides is 2. The molecule has 5 nitrogen and oxygen atoms in total. The van der Waals surface area contributed by atoms with Crippen LogP contribution in [0.1, 0.15) is 47.2 Å². The van der Waals surface area contributed by atoms with E-state index >= 15 is 0 Å². The summed E-state index contributed by atoms with van der Waals surface area (Å²) in [6, 6.07) is 17.5. The number of Topliss-reactive ketones (excluding diaryl/α,β-unsaturated/α-hetero) is 1. The first kappa shape index (κ1) is 23.0. The fourth-order valence-corrected chi connectivity index (χ4v) is 4.76. The highest BCUT2D eigenvalue weighted by Crippen LogP contribution is 2.26. The van der Waals surface area contributed by atoms with Gasteiger partial charge in [-0.2, -0.15) is 0 Å². The van der Waals surface area contributed by atoms with E-state index in [0.717, 1.165) is 29.5 Å². The maximum absolute atomic E-state index is 13.0. The number of nitrogens with zero attached hydrogens (tertiary/aromatic N) is 2. The van der Waals surface area contributed by atoms with Crippen molar-refractivity contribution in [1.82, 2.24) is 9.80 Å². The standard InChI is InChI=1S/C28H32N2O3/c1-21-7-10-23(11-8-21)27(32)24-13-19-30(20-14-24)28(33)25-15-17-29(18-16-25)26(31)12-9-22-5-3-2-4-6-22/h2-12,24-25H,13-20H2,1H3/b12-9+. The Hall–Kier alpha value is -3.21. The van der Waals surface area contributed by atoms with E-state index < -0.39 is 0 Å². The summed E-state index contributed by atoms with van der Waals surface area (Å²) in [6.45, 7) is 4.51. The van der Waals surface area contributed by atoms with Gasteiger partial charge in [0, 0.05) is 49.7 Å². The molecule has 172 valence electrons. The summed E-state index contributed by atoms with van der Waals surface area (Å²) in [5.74, 6) is 0.338. The molecule has 33 heavy (non-hydrogen) atoms. The second-order valence-electron chi connectivity index (χ2n) is 9.17. The van der Waals surface area contributed by atoms with Crippen molar-refractivity contribution in [3.8, 4) is 0 Å². The molecule has 5 heteroatoms. The Morgan fingerprint density at radius 1 is 0.758 bits per heavy atom. The van der Waals surface area contributed by atoms with Gasteiger partial charge in [0.1, 0.15) is 0 Å². The number of carbonyl (C=O) groups is 3. The Morgan fingerprint density at radius 2 is 1.33 bits per heavy atom. The molecule has 0 aromatic heterocycles. The van der Waals surface area contributed by atoms with Gasteiger partial charge in [-0.1, -0.05) is 60.2 Å². The minimum Gasteiger partial charge on any atom is -0.342 e. The van der Waals surface area contributed by atoms with E-state index in [9.17, 15) is 14.4 Å². The summed E-state index contributed by atoms with van der Waals surface area (Å²) in [7, 11) is 0. The monoisotopic (exact) mass is 444 g/mol. The number of benzene rings is 2. The van der Waals surface area contributed by atoms with Crippen molar-refractivity contribution >= 4 is 23.7 Å². The van der Waals surface area contributed by atoms with Gasteiger partial charge in [-0.25, -0.2) is 0 Å². The van der Waals surface area contributed by atoms with E-state index in [1.165, 1.54) is 0 Å². The van der Waals surface area contributed by atoms with Crippen LogP contribution in [-0.2, 0) is 9.59 Å². The summed E-state index contributed by atoms with van der Waals surface area (Å²) in [4.78, 5) is 42.1. The molecule has 0 aliphatic carbocycles. The number of hydrogen-bond donors (Lipinski definition) is 0. The average molecular weight is 445 g/mol. The molecule has 2 saturated heterocycles. The van der Waals surface area contributed by atoms with Crippen LogP contribution in [0.4, 0.5) is 0 Å². The smallest absolute Gasteiger partial charge is 0.246 e. The molecule has 0 spiro atoms. The molecule has 0 bridgehead atoms. The zero-order valence-electron chi connectivity index (χ0n) is 19.3. The number of hydrogen-bond acceptors (Lipinski definition) is 3. The van der Waals surface area contributed by atoms with Crippen molar-refractivity contribution < 1.29 is 14.4 Å². The van der Waals surface area contributed by atoms with E-state index in [-0.39, 0.29) is 29.4 Å². The molecule has 2 aromatic rings. The lowest BCUT2D eigenvalue weighted by Crippen LogP contribution is -2.47. The molecule has 2 aliphatic rings. The molecular formula is C28H32N2O3. The average Bonchev–Trinajstić information content (AvgIpc) is 2.87. The van der Waals surface area contributed by atoms with Gasteiger partial charge in [0.25, 0.3) is 0 Å². The van der Waals surface area contributed by atoms with Gasteiger partial charge in [-0.05, 0) is 44.2 Å². The first-order valence-corrected chi connectivity index (χ1v) is 11.9. The van der Waals surface area contributed by atoms with E-state index in [0.29, 0.717) is 39.0 Å². The van der Waals surface area contributed by atoms with Crippen LogP contribution in [0.15, 0.2) is 60.7 Å². The second kappa shape index (κ2) is 10.6. The van der Waals surface area contributed by atoms with Crippen molar-refractivity contribution in [1.29, 1.82) is 0 Å². The zero-order chi connectivity index (χ0) is 23.2. The summed E-state index contributed by atoms with van der Waals surface area (Å²) >= 11 is 0. The molecule has 4 rings (SSSR count). The Morgan fingerprint density at radius 3 is 1.97 bits per heavy atom. The molecule has 0 N–H and O–H groups in total. The number of ketones is 1. The number of carbonyl (C=O) groups excluding carboxylic acids is 3. The fraction of sp³-hybridized carbons (Fsp3) is 0.393. The van der Waals surface area contributed by atoms with Crippen LogP contribution in [0.3, 0.4) is 0 Å². The molecule has 2 heterocycles. The van der Waals surface area contributed by atoms with Gasteiger partial charge < -0.3 is 9.80 Å². The Labute approximate surface area is 196 Å². The van der Waals surface area contributed by atoms with Gasteiger partial charge in [-0.3, -0.25) is 14.4 Å². The van der Waals surface area contributed by atoms with Gasteiger partial charge >= 0.3 is 0 Å². The summed E-state index contributed by atoms with van der Waals surface area (Å²) < 4.78 is 0. The van der Waals surface area contributed by atoms with Crippen molar-refractivity contribution in [2.75, 3.05) is 26.2 Å². The number of piperidine rings is 2. The third kappa shape index (κ3) is 5.78. The van der Waals surface area contributed by atoms with Crippen LogP contribution in [0.25, 0.3) is 6.08 Å². The van der Waals surface area contributed by atoms with Gasteiger partial charge in [0.05, 0.1) is 0 Å². The van der Waals surface area contributed by atoms with Crippen LogP contribution in [0.5, 0.6) is 0 Å². The molecule has 0 atom stereocenters. The van der Waals surface area contributed by atoms with Crippen LogP contribution in [-0.4, -0.2) is 53.6 Å². The lowest BCUT2D eigenvalue weighted by atomic mass is 9.87. The maximum atomic E-state index is 13.0. The van der Waals surface area contributed by atoms with Gasteiger partial charge in [0.2, 0.25) is 11.8 Å². The molecule has 0 unspecified atom stereocenters. The first-order valence-electron chi connectivity index (χ1n) is 11.9. The molecule has 2 aliphatic heterocycles. The highest BCUT2D eigenvalue weighted by Gasteiger charge is 2.33. The van der Waals surface area contributed by atoms with E-state index in [1.807, 2.05) is 77.4 Å². The van der Waals surface area contributed by atoms with Crippen molar-refractivity contribution in [2.24, 2.45) is 11.8 Å². The molecule has 2 fully saturated rings. The van der Waals surface area contributed by atoms with E-state index in [4.69, 9.17) is 0 Å². The lowest BCUT2D eigenvalue weighted by Gasteiger charge is -2.37. The van der Waals surface area contributed by atoms with Crippen LogP contribution in [0.2, 0.25) is 0 Å². The van der Waals surface area contributed by atoms with Crippen LogP contribution < -0.4 is 0 Å². The minimum atomic E-state index is -0.0310. The molecule has 2 amide bonds. The molecule has 2 aromatic carbocycles. The molecule has 0 saturated carbocycles. The maximum Gasteiger partial charge on any atom is 0.246 e. The Kier molecular flexibility index (Phi) is 7.38. The minimum absolute atomic E-state index is 0.000171. The summed E-state index contributed by atoms with van der Waals surface area (Å²) in [5, 5.41) is 0. The third-order valence-corrected chi connectivity index (χ3v) is 6.89. The van der Waals surface area contributed by atoms with Crippen molar-refractivity contribution in [3.05, 3.63) is 77.4 Å². The second-order valence-corrected chi connectivity index (χ2v) is 9.17. The SMILES string of the molecule is Cc1ccc(C(=O)C2CCN(C(=O)C3CCN(C(=O)/C=C/c4ccccc4)CC3)CC2)cc1. The summed E-state index contributed by atoms with van der Waals surface area (Å²) in [6.07, 6.45) is 6.30. The predicted molar refractivity (Wildman–Crippen MR) is 130 cm³/mol. The number of aryl methyl sites for hydroxylation is 1.